The van der Waals surface area contributed by atoms with E-state index in [1.54, 1.807) is 7.11 Å². The van der Waals surface area contributed by atoms with Gasteiger partial charge in [-0.2, -0.15) is 4.98 Å². The highest BCUT2D eigenvalue weighted by Crippen LogP contribution is 2.39. The molecule has 0 amide bonds. The zero-order valence-electron chi connectivity index (χ0n) is 18.9. The minimum atomic E-state index is 0.234. The van der Waals surface area contributed by atoms with Gasteiger partial charge in [0.05, 0.1) is 18.4 Å². The molecule has 0 unspecified atom stereocenters. The summed E-state index contributed by atoms with van der Waals surface area (Å²) >= 11 is 0. The fourth-order valence-electron chi connectivity index (χ4n) is 4.58. The monoisotopic (exact) mass is 437 g/mol. The molecule has 3 aromatic rings. The van der Waals surface area contributed by atoms with Gasteiger partial charge in [0.1, 0.15) is 11.6 Å². The minimum absolute atomic E-state index is 0.234. The van der Waals surface area contributed by atoms with Gasteiger partial charge in [-0.1, -0.05) is 0 Å². The van der Waals surface area contributed by atoms with E-state index < -0.39 is 0 Å². The van der Waals surface area contributed by atoms with Crippen LogP contribution in [0.2, 0.25) is 0 Å². The van der Waals surface area contributed by atoms with E-state index in [-0.39, 0.29) is 12.6 Å². The van der Waals surface area contributed by atoms with Crippen LogP contribution in [0.15, 0.2) is 16.5 Å². The van der Waals surface area contributed by atoms with E-state index in [1.165, 1.54) is 12.8 Å². The Morgan fingerprint density at radius 2 is 1.91 bits per heavy atom. The van der Waals surface area contributed by atoms with Gasteiger partial charge in [0.15, 0.2) is 5.58 Å². The third-order valence-electron chi connectivity index (χ3n) is 6.51. The quantitative estimate of drug-likeness (QED) is 0.479. The van der Waals surface area contributed by atoms with Crippen LogP contribution in [0.25, 0.3) is 22.3 Å². The number of aliphatic hydroxyl groups is 1. The smallest absolute Gasteiger partial charge is 0.258 e. The predicted octanol–water partition coefficient (Wildman–Crippen LogP) is 4.31. The molecular weight excluding hydrogens is 406 g/mol. The molecule has 0 bridgehead atoms. The first-order chi connectivity index (χ1) is 15.5. The number of furan rings is 1. The Morgan fingerprint density at radius 1 is 1.09 bits per heavy atom. The number of aryl methyl sites for hydroxylation is 2. The zero-order valence-corrected chi connectivity index (χ0v) is 18.9. The molecule has 0 aromatic carbocycles. The van der Waals surface area contributed by atoms with Crippen LogP contribution in [-0.4, -0.2) is 46.4 Å². The molecule has 8 nitrogen and oxygen atoms in total. The summed E-state index contributed by atoms with van der Waals surface area (Å²) in [5, 5.41) is 17.5. The number of methoxy groups -OCH3 is 1. The van der Waals surface area contributed by atoms with Crippen LogP contribution in [0, 0.1) is 25.7 Å². The first-order valence-electron chi connectivity index (χ1n) is 11.5. The summed E-state index contributed by atoms with van der Waals surface area (Å²) in [7, 11) is 1.60. The first kappa shape index (κ1) is 21.0. The highest BCUT2D eigenvalue weighted by atomic mass is 16.5. The molecule has 2 aliphatic carbocycles. The highest BCUT2D eigenvalue weighted by molar-refractivity contribution is 5.89. The molecule has 170 valence electrons. The van der Waals surface area contributed by atoms with Crippen molar-refractivity contribution in [1.29, 1.82) is 0 Å². The van der Waals surface area contributed by atoms with Gasteiger partial charge in [-0.3, -0.25) is 0 Å². The molecule has 0 spiro atoms. The van der Waals surface area contributed by atoms with E-state index in [0.717, 1.165) is 59.9 Å². The molecule has 2 fully saturated rings. The number of anilines is 2. The molecule has 3 aromatic heterocycles. The van der Waals surface area contributed by atoms with E-state index in [9.17, 15) is 5.11 Å². The van der Waals surface area contributed by atoms with Crippen molar-refractivity contribution in [1.82, 2.24) is 15.0 Å². The van der Waals surface area contributed by atoms with E-state index in [2.05, 4.69) is 15.6 Å². The molecule has 32 heavy (non-hydrogen) atoms. The number of rotatable bonds is 8. The second kappa shape index (κ2) is 8.58. The number of nitrogens with one attached hydrogen (secondary N) is 2. The van der Waals surface area contributed by atoms with Crippen LogP contribution in [-0.2, 0) is 0 Å². The Hall–Kier alpha value is -2.87. The molecule has 8 heteroatoms. The number of ether oxygens (including phenoxy) is 1. The molecule has 3 N–H and O–H groups in total. The highest BCUT2D eigenvalue weighted by Gasteiger charge is 2.27. The normalized spacial score (nSPS) is 20.6. The third-order valence-corrected chi connectivity index (χ3v) is 6.51. The van der Waals surface area contributed by atoms with Crippen LogP contribution in [0.3, 0.4) is 0 Å². The molecule has 2 atom stereocenters. The standard InChI is InChI=1S/C24H31N5O3/c1-13-8-17-10-19(32-21(17)23(26-13)31-3)20-14(2)27-24(25-11-15-4-5-15)29-22(20)28-18-7-6-16(9-18)12-30/h8,10,15-16,18,30H,4-7,9,11-12H2,1-3H3,(H2,25,27,28,29)/t16-,18+/m1/s1. The second-order valence-corrected chi connectivity index (χ2v) is 9.19. The van der Waals surface area contributed by atoms with Gasteiger partial charge in [-0.05, 0) is 69.9 Å². The van der Waals surface area contributed by atoms with Crippen LogP contribution < -0.4 is 15.4 Å². The molecule has 2 aliphatic rings. The van der Waals surface area contributed by atoms with Crippen molar-refractivity contribution in [3.8, 4) is 17.2 Å². The van der Waals surface area contributed by atoms with Gasteiger partial charge in [-0.25, -0.2) is 9.97 Å². The lowest BCUT2D eigenvalue weighted by molar-refractivity contribution is 0.229. The number of pyridine rings is 1. The maximum absolute atomic E-state index is 9.55. The number of hydrogen-bond acceptors (Lipinski definition) is 8. The van der Waals surface area contributed by atoms with Crippen molar-refractivity contribution in [2.45, 2.75) is 52.0 Å². The van der Waals surface area contributed by atoms with Gasteiger partial charge in [0.25, 0.3) is 5.88 Å². The summed E-state index contributed by atoms with van der Waals surface area (Å²) in [6.45, 7) is 5.07. The summed E-state index contributed by atoms with van der Waals surface area (Å²) in [5.41, 5.74) is 3.19. The fraction of sp³-hybridized carbons (Fsp3) is 0.542. The Morgan fingerprint density at radius 3 is 2.62 bits per heavy atom. The summed E-state index contributed by atoms with van der Waals surface area (Å²) in [4.78, 5) is 14.0. The van der Waals surface area contributed by atoms with Gasteiger partial charge in [0, 0.05) is 30.3 Å². The molecular formula is C24H31N5O3. The van der Waals surface area contributed by atoms with Crippen molar-refractivity contribution >= 4 is 22.7 Å². The maximum atomic E-state index is 9.55. The van der Waals surface area contributed by atoms with Crippen molar-refractivity contribution in [2.24, 2.45) is 11.8 Å². The molecule has 5 rings (SSSR count). The average Bonchev–Trinajstić information content (AvgIpc) is 3.34. The van der Waals surface area contributed by atoms with Crippen molar-refractivity contribution in [2.75, 3.05) is 30.9 Å². The van der Waals surface area contributed by atoms with Crippen LogP contribution in [0.1, 0.15) is 43.5 Å². The molecule has 0 radical (unpaired) electrons. The molecule has 2 saturated carbocycles. The Bertz CT molecular complexity index is 1120. The lowest BCUT2D eigenvalue weighted by Crippen LogP contribution is -2.19. The molecule has 0 saturated heterocycles. The molecule has 0 aliphatic heterocycles. The van der Waals surface area contributed by atoms with E-state index in [4.69, 9.17) is 19.1 Å². The topological polar surface area (TPSA) is 105 Å². The summed E-state index contributed by atoms with van der Waals surface area (Å²) < 4.78 is 11.7. The fourth-order valence-corrected chi connectivity index (χ4v) is 4.58. The Kier molecular flexibility index (Phi) is 5.63. The van der Waals surface area contributed by atoms with Crippen molar-refractivity contribution in [3.05, 3.63) is 23.5 Å². The van der Waals surface area contributed by atoms with Crippen LogP contribution in [0.4, 0.5) is 11.8 Å². The number of nitrogens with zero attached hydrogens (tertiary/aromatic N) is 3. The summed E-state index contributed by atoms with van der Waals surface area (Å²) in [6, 6.07) is 4.26. The number of fused-ring (bicyclic) bond motifs is 1. The number of hydrogen-bond donors (Lipinski definition) is 3. The maximum Gasteiger partial charge on any atom is 0.258 e. The van der Waals surface area contributed by atoms with E-state index in [1.807, 2.05) is 26.0 Å². The SMILES string of the molecule is COc1nc(C)cc2cc(-c3c(C)nc(NCC4CC4)nc3N[C@H]3CC[C@@H](CO)C3)oc12. The predicted molar refractivity (Wildman–Crippen MR) is 124 cm³/mol. The number of aliphatic hydroxyl groups excluding tert-OH is 1. The van der Waals surface area contributed by atoms with E-state index in [0.29, 0.717) is 29.1 Å². The second-order valence-electron chi connectivity index (χ2n) is 9.19. The summed E-state index contributed by atoms with van der Waals surface area (Å²) in [6.07, 6.45) is 5.51. The summed E-state index contributed by atoms with van der Waals surface area (Å²) in [5.74, 6) is 3.65. The largest absolute Gasteiger partial charge is 0.478 e. The van der Waals surface area contributed by atoms with Crippen LogP contribution >= 0.6 is 0 Å². The molecule has 3 heterocycles. The van der Waals surface area contributed by atoms with E-state index >= 15 is 0 Å². The first-order valence-corrected chi connectivity index (χ1v) is 11.5. The van der Waals surface area contributed by atoms with Gasteiger partial charge < -0.3 is 24.9 Å². The minimum Gasteiger partial charge on any atom is -0.478 e. The lowest BCUT2D eigenvalue weighted by atomic mass is 10.1. The van der Waals surface area contributed by atoms with Gasteiger partial charge in [0.2, 0.25) is 5.95 Å². The average molecular weight is 438 g/mol. The van der Waals surface area contributed by atoms with Crippen molar-refractivity contribution in [3.63, 3.8) is 0 Å². The Balaban J connectivity index is 1.54. The van der Waals surface area contributed by atoms with Gasteiger partial charge in [-0.15, -0.1) is 0 Å². The zero-order chi connectivity index (χ0) is 22.2. The third kappa shape index (κ3) is 4.24. The van der Waals surface area contributed by atoms with Crippen molar-refractivity contribution < 1.29 is 14.3 Å². The Labute approximate surface area is 187 Å². The number of aromatic nitrogens is 3. The lowest BCUT2D eigenvalue weighted by Gasteiger charge is -2.18. The van der Waals surface area contributed by atoms with Gasteiger partial charge >= 0.3 is 0 Å². The van der Waals surface area contributed by atoms with Crippen LogP contribution in [0.5, 0.6) is 5.88 Å².